The molecule has 4 aromatic rings. The molecule has 33 heavy (non-hydrogen) atoms. The topological polar surface area (TPSA) is 108 Å². The summed E-state index contributed by atoms with van der Waals surface area (Å²) in [5.74, 6) is -0.345. The minimum atomic E-state index is -0.910. The zero-order chi connectivity index (χ0) is 22.8. The van der Waals surface area contributed by atoms with Gasteiger partial charge in [-0.15, -0.1) is 10.2 Å². The van der Waals surface area contributed by atoms with Crippen molar-refractivity contribution in [1.82, 2.24) is 25.6 Å². The molecule has 9 heteroatoms. The van der Waals surface area contributed by atoms with Crippen LogP contribution in [0.4, 0.5) is 5.13 Å². The van der Waals surface area contributed by atoms with Gasteiger partial charge in [-0.05, 0) is 41.7 Å². The van der Waals surface area contributed by atoms with Gasteiger partial charge < -0.3 is 10.0 Å². The molecule has 0 atom stereocenters. The van der Waals surface area contributed by atoms with Gasteiger partial charge in [0.25, 0.3) is 0 Å². The van der Waals surface area contributed by atoms with Gasteiger partial charge in [0.1, 0.15) is 4.88 Å². The van der Waals surface area contributed by atoms with Crippen molar-refractivity contribution in [3.8, 4) is 22.5 Å². The lowest BCUT2D eigenvalue weighted by atomic mass is 9.98. The molecule has 2 aromatic carbocycles. The number of aromatic nitrogens is 5. The minimum Gasteiger partial charge on any atom is -0.477 e. The summed E-state index contributed by atoms with van der Waals surface area (Å²) in [5.41, 5.74) is 4.78. The number of aromatic amines is 1. The first-order valence-corrected chi connectivity index (χ1v) is 11.8. The molecular formula is C24H24N6O2S. The lowest BCUT2D eigenvalue weighted by molar-refractivity contribution is 0.0701. The van der Waals surface area contributed by atoms with Crippen LogP contribution in [0.15, 0.2) is 48.5 Å². The Hall–Kier alpha value is -3.59. The Morgan fingerprint density at radius 1 is 1.12 bits per heavy atom. The molecule has 168 valence electrons. The average molecular weight is 461 g/mol. The quantitative estimate of drug-likeness (QED) is 0.402. The maximum absolute atomic E-state index is 11.6. The smallest absolute Gasteiger partial charge is 0.347 e. The fourth-order valence-corrected chi connectivity index (χ4v) is 5.44. The third-order valence-corrected chi connectivity index (χ3v) is 7.30. The first-order chi connectivity index (χ1) is 16.1. The van der Waals surface area contributed by atoms with Crippen LogP contribution in [-0.4, -0.2) is 42.7 Å². The molecule has 0 radical (unpaired) electrons. The number of carbonyl (C=O) groups is 1. The van der Waals surface area contributed by atoms with Crippen LogP contribution in [0.5, 0.6) is 0 Å². The highest BCUT2D eigenvalue weighted by Crippen LogP contribution is 2.35. The van der Waals surface area contributed by atoms with Crippen molar-refractivity contribution in [3.05, 3.63) is 64.7 Å². The predicted octanol–water partition coefficient (Wildman–Crippen LogP) is 4.95. The standard InChI is InChI=1S/C24H24N6O2S/c1-15-21(23(31)32)33-24(25-15)30(18-6-2-3-7-18)14-16-10-12-17(13-11-16)19-8-4-5-9-20(19)22-26-28-29-27-22/h4-5,8-13,18H,2-3,6-7,14H2,1H3,(H,31,32)(H,26,27,28,29). The maximum Gasteiger partial charge on any atom is 0.347 e. The van der Waals surface area contributed by atoms with E-state index >= 15 is 0 Å². The SMILES string of the molecule is Cc1nc(N(Cc2ccc(-c3ccccc3-c3nn[nH]n3)cc2)C2CCCC2)sc1C(=O)O. The minimum absolute atomic E-state index is 0.321. The summed E-state index contributed by atoms with van der Waals surface area (Å²) in [6.45, 7) is 2.47. The number of benzene rings is 2. The Morgan fingerprint density at radius 3 is 2.48 bits per heavy atom. The van der Waals surface area contributed by atoms with Gasteiger partial charge in [-0.2, -0.15) is 5.21 Å². The van der Waals surface area contributed by atoms with E-state index in [9.17, 15) is 9.90 Å². The van der Waals surface area contributed by atoms with E-state index in [2.05, 4.69) is 60.8 Å². The van der Waals surface area contributed by atoms with Gasteiger partial charge in [0.15, 0.2) is 5.13 Å². The number of carboxylic acid groups (broad SMARTS) is 1. The summed E-state index contributed by atoms with van der Waals surface area (Å²) in [6.07, 6.45) is 4.61. The maximum atomic E-state index is 11.6. The van der Waals surface area contributed by atoms with Crippen LogP contribution < -0.4 is 4.90 Å². The van der Waals surface area contributed by atoms with E-state index in [4.69, 9.17) is 0 Å². The second-order valence-corrected chi connectivity index (χ2v) is 9.24. The Labute approximate surface area is 195 Å². The Balaban J connectivity index is 1.43. The van der Waals surface area contributed by atoms with Crippen LogP contribution in [0.3, 0.4) is 0 Å². The summed E-state index contributed by atoms with van der Waals surface area (Å²) < 4.78 is 0. The number of aromatic carboxylic acids is 1. The molecule has 1 saturated carbocycles. The number of hydrogen-bond donors (Lipinski definition) is 2. The van der Waals surface area contributed by atoms with Crippen LogP contribution in [0.25, 0.3) is 22.5 Å². The number of nitrogens with zero attached hydrogens (tertiary/aromatic N) is 5. The second kappa shape index (κ2) is 9.11. The average Bonchev–Trinajstić information content (AvgIpc) is 3.60. The number of thiazole rings is 1. The van der Waals surface area contributed by atoms with Crippen molar-refractivity contribution in [1.29, 1.82) is 0 Å². The van der Waals surface area contributed by atoms with E-state index in [1.54, 1.807) is 6.92 Å². The van der Waals surface area contributed by atoms with Gasteiger partial charge in [0.05, 0.1) is 5.69 Å². The van der Waals surface area contributed by atoms with E-state index in [1.165, 1.54) is 24.2 Å². The van der Waals surface area contributed by atoms with Crippen LogP contribution in [-0.2, 0) is 6.54 Å². The molecule has 0 bridgehead atoms. The molecule has 1 aliphatic carbocycles. The number of aryl methyl sites for hydroxylation is 1. The van der Waals surface area contributed by atoms with Crippen LogP contribution in [0, 0.1) is 6.92 Å². The Kier molecular flexibility index (Phi) is 5.87. The van der Waals surface area contributed by atoms with Crippen LogP contribution in [0.2, 0.25) is 0 Å². The summed E-state index contributed by atoms with van der Waals surface area (Å²) in [5, 5.41) is 24.7. The van der Waals surface area contributed by atoms with Gasteiger partial charge in [-0.25, -0.2) is 9.78 Å². The molecule has 8 nitrogen and oxygen atoms in total. The largest absolute Gasteiger partial charge is 0.477 e. The monoisotopic (exact) mass is 460 g/mol. The lowest BCUT2D eigenvalue weighted by Crippen LogP contribution is -2.32. The van der Waals surface area contributed by atoms with E-state index < -0.39 is 5.97 Å². The molecule has 0 aliphatic heterocycles. The molecule has 0 amide bonds. The predicted molar refractivity (Wildman–Crippen MR) is 127 cm³/mol. The van der Waals surface area contributed by atoms with Gasteiger partial charge in [-0.1, -0.05) is 72.7 Å². The highest BCUT2D eigenvalue weighted by Gasteiger charge is 2.27. The molecule has 2 heterocycles. The highest BCUT2D eigenvalue weighted by molar-refractivity contribution is 7.17. The summed E-state index contributed by atoms with van der Waals surface area (Å²) in [6, 6.07) is 16.9. The first-order valence-electron chi connectivity index (χ1n) is 11.0. The van der Waals surface area contributed by atoms with Crippen molar-refractivity contribution in [2.24, 2.45) is 0 Å². The Bertz CT molecular complexity index is 1250. The van der Waals surface area contributed by atoms with E-state index in [1.807, 2.05) is 18.2 Å². The summed E-state index contributed by atoms with van der Waals surface area (Å²) >= 11 is 1.27. The van der Waals surface area contributed by atoms with E-state index in [0.717, 1.165) is 40.2 Å². The van der Waals surface area contributed by atoms with Crippen LogP contribution in [0.1, 0.15) is 46.6 Å². The van der Waals surface area contributed by atoms with Crippen molar-refractivity contribution >= 4 is 22.4 Å². The third kappa shape index (κ3) is 4.36. The van der Waals surface area contributed by atoms with E-state index in [0.29, 0.717) is 29.0 Å². The normalized spacial score (nSPS) is 14.0. The molecule has 1 fully saturated rings. The van der Waals surface area contributed by atoms with Crippen molar-refractivity contribution in [3.63, 3.8) is 0 Å². The van der Waals surface area contributed by atoms with Crippen molar-refractivity contribution in [2.75, 3.05) is 4.90 Å². The van der Waals surface area contributed by atoms with Crippen molar-refractivity contribution < 1.29 is 9.90 Å². The zero-order valence-electron chi connectivity index (χ0n) is 18.2. The lowest BCUT2D eigenvalue weighted by Gasteiger charge is -2.28. The van der Waals surface area contributed by atoms with Gasteiger partial charge in [0.2, 0.25) is 5.82 Å². The highest BCUT2D eigenvalue weighted by atomic mass is 32.1. The third-order valence-electron chi connectivity index (χ3n) is 6.12. The van der Waals surface area contributed by atoms with Gasteiger partial charge >= 0.3 is 5.97 Å². The number of rotatable bonds is 7. The molecule has 0 saturated heterocycles. The molecule has 0 unspecified atom stereocenters. The van der Waals surface area contributed by atoms with Gasteiger partial charge in [0, 0.05) is 18.2 Å². The van der Waals surface area contributed by atoms with E-state index in [-0.39, 0.29) is 0 Å². The second-order valence-electron chi connectivity index (χ2n) is 8.26. The molecule has 0 spiro atoms. The fraction of sp³-hybridized carbons (Fsp3) is 0.292. The van der Waals surface area contributed by atoms with Crippen molar-refractivity contribution in [2.45, 2.75) is 45.2 Å². The number of anilines is 1. The zero-order valence-corrected chi connectivity index (χ0v) is 19.0. The number of tetrazole rings is 1. The molecular weight excluding hydrogens is 436 g/mol. The molecule has 2 N–H and O–H groups in total. The van der Waals surface area contributed by atoms with Crippen LogP contribution >= 0.6 is 11.3 Å². The summed E-state index contributed by atoms with van der Waals surface area (Å²) in [4.78, 5) is 18.8. The molecule has 1 aliphatic rings. The number of nitrogens with one attached hydrogen (secondary N) is 1. The number of hydrogen-bond acceptors (Lipinski definition) is 7. The molecule has 5 rings (SSSR count). The fourth-order valence-electron chi connectivity index (χ4n) is 4.46. The number of H-pyrrole nitrogens is 1. The Morgan fingerprint density at radius 2 is 1.85 bits per heavy atom. The number of carboxylic acids is 1. The summed E-state index contributed by atoms with van der Waals surface area (Å²) in [7, 11) is 0. The first kappa shape index (κ1) is 21.3. The molecule has 2 aromatic heterocycles. The van der Waals surface area contributed by atoms with Gasteiger partial charge in [-0.3, -0.25) is 0 Å².